The number of aromatic nitrogens is 1. The van der Waals surface area contributed by atoms with E-state index in [1.54, 1.807) is 12.3 Å². The molecule has 88 valence electrons. The van der Waals surface area contributed by atoms with Crippen molar-refractivity contribution in [3.8, 4) is 11.1 Å². The van der Waals surface area contributed by atoms with Crippen molar-refractivity contribution in [3.05, 3.63) is 47.2 Å². The van der Waals surface area contributed by atoms with E-state index in [1.165, 1.54) is 7.11 Å². The first-order valence-corrected chi connectivity index (χ1v) is 5.50. The molecular formula is C13H12ClNO2. The van der Waals surface area contributed by atoms with E-state index in [4.69, 9.17) is 16.3 Å². The summed E-state index contributed by atoms with van der Waals surface area (Å²) >= 11 is 6.13. The van der Waals surface area contributed by atoms with Gasteiger partial charge in [0.2, 0.25) is 0 Å². The molecule has 0 amide bonds. The summed E-state index contributed by atoms with van der Waals surface area (Å²) in [4.78, 5) is 11.7. The molecule has 3 nitrogen and oxygen atoms in total. The average Bonchev–Trinajstić information content (AvgIpc) is 2.71. The van der Waals surface area contributed by atoms with E-state index < -0.39 is 0 Å². The molecule has 0 saturated carbocycles. The highest BCUT2D eigenvalue weighted by Crippen LogP contribution is 2.31. The number of rotatable bonds is 2. The minimum atomic E-state index is -0.361. The number of esters is 1. The summed E-state index contributed by atoms with van der Waals surface area (Å²) in [5, 5.41) is 0.615. The molecule has 0 atom stereocenters. The maximum atomic E-state index is 11.7. The molecule has 1 aromatic heterocycles. The summed E-state index contributed by atoms with van der Waals surface area (Å²) in [6.45, 7) is 0. The van der Waals surface area contributed by atoms with Crippen molar-refractivity contribution in [2.75, 3.05) is 7.11 Å². The minimum absolute atomic E-state index is 0.361. The van der Waals surface area contributed by atoms with Crippen LogP contribution in [0.5, 0.6) is 0 Å². The van der Waals surface area contributed by atoms with Gasteiger partial charge in [0, 0.05) is 35.6 Å². The van der Waals surface area contributed by atoms with E-state index in [-0.39, 0.29) is 5.97 Å². The van der Waals surface area contributed by atoms with E-state index >= 15 is 0 Å². The number of hydrogen-bond donors (Lipinski definition) is 0. The Morgan fingerprint density at radius 3 is 2.59 bits per heavy atom. The van der Waals surface area contributed by atoms with Crippen molar-refractivity contribution < 1.29 is 9.53 Å². The molecule has 0 aliphatic carbocycles. The zero-order chi connectivity index (χ0) is 12.4. The number of halogens is 1. The van der Waals surface area contributed by atoms with E-state index in [0.29, 0.717) is 10.6 Å². The molecule has 2 rings (SSSR count). The Balaban J connectivity index is 2.60. The second kappa shape index (κ2) is 4.63. The molecule has 4 heteroatoms. The van der Waals surface area contributed by atoms with Gasteiger partial charge >= 0.3 is 5.97 Å². The molecule has 0 aliphatic heterocycles. The third kappa shape index (κ3) is 2.19. The summed E-state index contributed by atoms with van der Waals surface area (Å²) in [7, 11) is 3.22. The second-order valence-corrected chi connectivity index (χ2v) is 4.13. The Labute approximate surface area is 105 Å². The van der Waals surface area contributed by atoms with Crippen molar-refractivity contribution in [1.82, 2.24) is 4.57 Å². The monoisotopic (exact) mass is 249 g/mol. The molecule has 17 heavy (non-hydrogen) atoms. The van der Waals surface area contributed by atoms with Crippen LogP contribution in [0.15, 0.2) is 36.7 Å². The first kappa shape index (κ1) is 11.7. The number of hydrogen-bond acceptors (Lipinski definition) is 2. The van der Waals surface area contributed by atoms with Crippen LogP contribution in [0.1, 0.15) is 10.4 Å². The first-order chi connectivity index (χ1) is 8.13. The highest BCUT2D eigenvalue weighted by molar-refractivity contribution is 6.33. The van der Waals surface area contributed by atoms with E-state index in [1.807, 2.05) is 36.0 Å². The molecule has 0 aliphatic rings. The van der Waals surface area contributed by atoms with Gasteiger partial charge in [0.1, 0.15) is 0 Å². The predicted octanol–water partition coefficient (Wildman–Crippen LogP) is 3.13. The third-order valence-corrected chi connectivity index (χ3v) is 2.85. The van der Waals surface area contributed by atoms with Gasteiger partial charge in [0.15, 0.2) is 0 Å². The lowest BCUT2D eigenvalue weighted by atomic mass is 10.0. The molecule has 1 heterocycles. The molecule has 0 bridgehead atoms. The molecule has 0 unspecified atom stereocenters. The van der Waals surface area contributed by atoms with Crippen molar-refractivity contribution in [3.63, 3.8) is 0 Å². The second-order valence-electron chi connectivity index (χ2n) is 3.72. The van der Waals surface area contributed by atoms with Gasteiger partial charge in [0.25, 0.3) is 0 Å². The lowest BCUT2D eigenvalue weighted by molar-refractivity contribution is 0.0601. The van der Waals surface area contributed by atoms with Crippen LogP contribution < -0.4 is 0 Å². The number of nitrogens with zero attached hydrogens (tertiary/aromatic N) is 1. The van der Waals surface area contributed by atoms with Gasteiger partial charge in [-0.25, -0.2) is 4.79 Å². The third-order valence-electron chi connectivity index (χ3n) is 2.52. The fourth-order valence-electron chi connectivity index (χ4n) is 1.75. The van der Waals surface area contributed by atoms with Gasteiger partial charge in [-0.05, 0) is 6.07 Å². The van der Waals surface area contributed by atoms with Crippen LogP contribution in [0.25, 0.3) is 11.1 Å². The van der Waals surface area contributed by atoms with Crippen LogP contribution >= 0.6 is 11.6 Å². The largest absolute Gasteiger partial charge is 0.465 e. The Morgan fingerprint density at radius 2 is 1.94 bits per heavy atom. The highest BCUT2D eigenvalue weighted by atomic mass is 35.5. The number of methoxy groups -OCH3 is 1. The van der Waals surface area contributed by atoms with Crippen LogP contribution in [0.3, 0.4) is 0 Å². The quantitative estimate of drug-likeness (QED) is 0.766. The van der Waals surface area contributed by atoms with Crippen LogP contribution in [0.4, 0.5) is 0 Å². The van der Waals surface area contributed by atoms with Crippen molar-refractivity contribution in [2.24, 2.45) is 7.05 Å². The van der Waals surface area contributed by atoms with Crippen molar-refractivity contribution >= 4 is 17.6 Å². The highest BCUT2D eigenvalue weighted by Gasteiger charge is 2.17. The molecule has 1 aromatic carbocycles. The lowest BCUT2D eigenvalue weighted by Gasteiger charge is -2.04. The maximum absolute atomic E-state index is 11.7. The number of carbonyl (C=O) groups is 1. The van der Waals surface area contributed by atoms with Crippen LogP contribution in [0, 0.1) is 0 Å². The van der Waals surface area contributed by atoms with E-state index in [2.05, 4.69) is 0 Å². The van der Waals surface area contributed by atoms with Crippen LogP contribution in [-0.2, 0) is 11.8 Å². The summed E-state index contributed by atoms with van der Waals surface area (Å²) in [6.07, 6.45) is 3.58. The Hall–Kier alpha value is -1.74. The lowest BCUT2D eigenvalue weighted by Crippen LogP contribution is -2.01. The van der Waals surface area contributed by atoms with E-state index in [9.17, 15) is 4.79 Å². The maximum Gasteiger partial charge on any atom is 0.340 e. The number of carbonyl (C=O) groups excluding carboxylic acids is 1. The fraction of sp³-hybridized carbons (Fsp3) is 0.154. The smallest absolute Gasteiger partial charge is 0.340 e. The zero-order valence-corrected chi connectivity index (χ0v) is 10.4. The molecular weight excluding hydrogens is 238 g/mol. The summed E-state index contributed by atoms with van der Waals surface area (Å²) in [5.41, 5.74) is 2.13. The summed E-state index contributed by atoms with van der Waals surface area (Å²) < 4.78 is 6.57. The molecule has 0 N–H and O–H groups in total. The SMILES string of the molecule is COC(=O)c1cn(C)cc1-c1ccccc1Cl. The number of aryl methyl sites for hydroxylation is 1. The first-order valence-electron chi connectivity index (χ1n) is 5.12. The molecule has 0 radical (unpaired) electrons. The normalized spacial score (nSPS) is 10.3. The number of ether oxygens (including phenoxy) is 1. The molecule has 0 saturated heterocycles. The molecule has 0 fully saturated rings. The Bertz CT molecular complexity index is 560. The van der Waals surface area contributed by atoms with Crippen molar-refractivity contribution in [2.45, 2.75) is 0 Å². The van der Waals surface area contributed by atoms with Gasteiger partial charge < -0.3 is 9.30 Å². The van der Waals surface area contributed by atoms with Gasteiger partial charge in [-0.3, -0.25) is 0 Å². The minimum Gasteiger partial charge on any atom is -0.465 e. The van der Waals surface area contributed by atoms with Crippen molar-refractivity contribution in [1.29, 1.82) is 0 Å². The molecule has 2 aromatic rings. The Morgan fingerprint density at radius 1 is 1.24 bits per heavy atom. The average molecular weight is 250 g/mol. The topological polar surface area (TPSA) is 31.2 Å². The zero-order valence-electron chi connectivity index (χ0n) is 9.61. The van der Waals surface area contributed by atoms with Crippen LogP contribution in [0.2, 0.25) is 5.02 Å². The summed E-state index contributed by atoms with van der Waals surface area (Å²) in [6, 6.07) is 7.41. The molecule has 0 spiro atoms. The fourth-order valence-corrected chi connectivity index (χ4v) is 1.99. The van der Waals surface area contributed by atoms with Gasteiger partial charge in [0.05, 0.1) is 12.7 Å². The van der Waals surface area contributed by atoms with Gasteiger partial charge in [-0.1, -0.05) is 29.8 Å². The van der Waals surface area contributed by atoms with E-state index in [0.717, 1.165) is 11.1 Å². The van der Waals surface area contributed by atoms with Gasteiger partial charge in [-0.15, -0.1) is 0 Å². The Kier molecular flexibility index (Phi) is 3.20. The van der Waals surface area contributed by atoms with Gasteiger partial charge in [-0.2, -0.15) is 0 Å². The predicted molar refractivity (Wildman–Crippen MR) is 67.2 cm³/mol. The standard InChI is InChI=1S/C13H12ClNO2/c1-15-7-10(11(8-15)13(16)17-2)9-5-3-4-6-12(9)14/h3-8H,1-2H3. The number of benzene rings is 1. The van der Waals surface area contributed by atoms with Crippen LogP contribution in [-0.4, -0.2) is 17.6 Å². The summed E-state index contributed by atoms with van der Waals surface area (Å²) in [5.74, 6) is -0.361.